The average molecular weight is 270 g/mol. The third-order valence-corrected chi connectivity index (χ3v) is 2.51. The lowest BCUT2D eigenvalue weighted by Gasteiger charge is -2.06. The van der Waals surface area contributed by atoms with Gasteiger partial charge in [-0.25, -0.2) is 22.4 Å². The number of hydrogen-bond donors (Lipinski definition) is 1. The summed E-state index contributed by atoms with van der Waals surface area (Å²) in [4.78, 5) is 10.8. The van der Waals surface area contributed by atoms with Gasteiger partial charge in [0.05, 0.1) is 5.56 Å². The van der Waals surface area contributed by atoms with Crippen molar-refractivity contribution in [3.05, 3.63) is 59.2 Å². The van der Waals surface area contributed by atoms with Crippen LogP contribution in [0.5, 0.6) is 0 Å². The van der Waals surface area contributed by atoms with Crippen LogP contribution >= 0.6 is 0 Å². The largest absolute Gasteiger partial charge is 0.478 e. The van der Waals surface area contributed by atoms with Crippen molar-refractivity contribution in [2.24, 2.45) is 0 Å². The average Bonchev–Trinajstić information content (AvgIpc) is 2.35. The molecular formula is C13H6F4O2. The summed E-state index contributed by atoms with van der Waals surface area (Å²) in [6.07, 6.45) is 0. The van der Waals surface area contributed by atoms with Crippen LogP contribution in [0.2, 0.25) is 0 Å². The van der Waals surface area contributed by atoms with Crippen LogP contribution in [0, 0.1) is 23.3 Å². The van der Waals surface area contributed by atoms with E-state index in [1.165, 1.54) is 0 Å². The van der Waals surface area contributed by atoms with Crippen LogP contribution in [-0.2, 0) is 0 Å². The van der Waals surface area contributed by atoms with Crippen molar-refractivity contribution in [2.75, 3.05) is 0 Å². The van der Waals surface area contributed by atoms with Crippen molar-refractivity contribution in [1.82, 2.24) is 0 Å². The summed E-state index contributed by atoms with van der Waals surface area (Å²) in [5, 5.41) is 8.77. The van der Waals surface area contributed by atoms with E-state index in [-0.39, 0.29) is 16.7 Å². The molecule has 0 aromatic heterocycles. The van der Waals surface area contributed by atoms with Crippen molar-refractivity contribution in [3.8, 4) is 11.1 Å². The van der Waals surface area contributed by atoms with E-state index >= 15 is 0 Å². The number of hydrogen-bond acceptors (Lipinski definition) is 1. The van der Waals surface area contributed by atoms with E-state index in [9.17, 15) is 22.4 Å². The summed E-state index contributed by atoms with van der Waals surface area (Å²) in [6, 6.07) is 3.99. The Morgan fingerprint density at radius 2 is 1.47 bits per heavy atom. The van der Waals surface area contributed by atoms with Gasteiger partial charge in [-0.3, -0.25) is 0 Å². The fraction of sp³-hybridized carbons (Fsp3) is 0. The molecule has 0 radical (unpaired) electrons. The number of aromatic carboxylic acids is 1. The third-order valence-electron chi connectivity index (χ3n) is 2.51. The second-order valence-corrected chi connectivity index (χ2v) is 3.75. The molecule has 0 aliphatic carbocycles. The minimum absolute atomic E-state index is 0.249. The molecule has 0 heterocycles. The first-order chi connectivity index (χ1) is 8.90. The highest BCUT2D eigenvalue weighted by Crippen LogP contribution is 2.27. The quantitative estimate of drug-likeness (QED) is 0.668. The van der Waals surface area contributed by atoms with Crippen molar-refractivity contribution in [1.29, 1.82) is 0 Å². The van der Waals surface area contributed by atoms with Gasteiger partial charge in [0.25, 0.3) is 0 Å². The molecule has 0 aliphatic heterocycles. The standard InChI is InChI=1S/C13H6F4O2/c14-9-2-1-6(13(18)19)3-8(9)7-4-10(15)12(17)11(16)5-7/h1-5H,(H,18,19). The molecule has 0 saturated heterocycles. The number of halogens is 4. The number of carboxylic acids is 1. The van der Waals surface area contributed by atoms with Crippen LogP contribution in [0.4, 0.5) is 17.6 Å². The molecule has 0 saturated carbocycles. The van der Waals surface area contributed by atoms with Gasteiger partial charge in [-0.1, -0.05) is 0 Å². The molecule has 2 nitrogen and oxygen atoms in total. The Bertz CT molecular complexity index is 645. The fourth-order valence-electron chi connectivity index (χ4n) is 1.59. The zero-order chi connectivity index (χ0) is 14.2. The predicted molar refractivity (Wildman–Crippen MR) is 58.7 cm³/mol. The molecule has 19 heavy (non-hydrogen) atoms. The topological polar surface area (TPSA) is 37.3 Å². The smallest absolute Gasteiger partial charge is 0.335 e. The van der Waals surface area contributed by atoms with E-state index in [2.05, 4.69) is 0 Å². The highest BCUT2D eigenvalue weighted by atomic mass is 19.2. The minimum atomic E-state index is -1.67. The van der Waals surface area contributed by atoms with Gasteiger partial charge in [-0.15, -0.1) is 0 Å². The molecule has 1 N–H and O–H groups in total. The highest BCUT2D eigenvalue weighted by Gasteiger charge is 2.15. The maximum atomic E-state index is 13.6. The van der Waals surface area contributed by atoms with Crippen molar-refractivity contribution in [3.63, 3.8) is 0 Å². The second kappa shape index (κ2) is 4.72. The van der Waals surface area contributed by atoms with E-state index in [0.717, 1.165) is 18.2 Å². The monoisotopic (exact) mass is 270 g/mol. The van der Waals surface area contributed by atoms with Gasteiger partial charge in [0.15, 0.2) is 17.5 Å². The lowest BCUT2D eigenvalue weighted by atomic mass is 10.0. The summed E-state index contributed by atoms with van der Waals surface area (Å²) >= 11 is 0. The van der Waals surface area contributed by atoms with Crippen LogP contribution in [0.3, 0.4) is 0 Å². The number of carbonyl (C=O) groups is 1. The van der Waals surface area contributed by atoms with Crippen molar-refractivity contribution >= 4 is 5.97 Å². The summed E-state index contributed by atoms with van der Waals surface area (Å²) < 4.78 is 52.5. The molecule has 2 aromatic rings. The summed E-state index contributed by atoms with van der Waals surface area (Å²) in [6.45, 7) is 0. The molecule has 0 atom stereocenters. The molecular weight excluding hydrogens is 264 g/mol. The van der Waals surface area contributed by atoms with Gasteiger partial charge < -0.3 is 5.11 Å². The SMILES string of the molecule is O=C(O)c1ccc(F)c(-c2cc(F)c(F)c(F)c2)c1. The molecule has 0 aliphatic rings. The lowest BCUT2D eigenvalue weighted by Crippen LogP contribution is -1.99. The van der Waals surface area contributed by atoms with Gasteiger partial charge in [0.2, 0.25) is 0 Å². The lowest BCUT2D eigenvalue weighted by molar-refractivity contribution is 0.0697. The number of rotatable bonds is 2. The Kier molecular flexibility index (Phi) is 3.25. The molecule has 0 bridgehead atoms. The first kappa shape index (κ1) is 13.1. The molecule has 2 aromatic carbocycles. The predicted octanol–water partition coefficient (Wildman–Crippen LogP) is 3.61. The molecule has 0 amide bonds. The van der Waals surface area contributed by atoms with E-state index in [4.69, 9.17) is 5.11 Å². The Labute approximate surface area is 104 Å². The van der Waals surface area contributed by atoms with Crippen LogP contribution in [0.15, 0.2) is 30.3 Å². The zero-order valence-corrected chi connectivity index (χ0v) is 9.25. The van der Waals surface area contributed by atoms with E-state index < -0.39 is 29.2 Å². The second-order valence-electron chi connectivity index (χ2n) is 3.75. The highest BCUT2D eigenvalue weighted by molar-refractivity contribution is 5.89. The molecule has 6 heteroatoms. The van der Waals surface area contributed by atoms with E-state index in [1.807, 2.05) is 0 Å². The summed E-state index contributed by atoms with van der Waals surface area (Å²) in [7, 11) is 0. The summed E-state index contributed by atoms with van der Waals surface area (Å²) in [5.41, 5.74) is -0.851. The number of benzene rings is 2. The van der Waals surface area contributed by atoms with Crippen LogP contribution in [-0.4, -0.2) is 11.1 Å². The molecule has 2 rings (SSSR count). The van der Waals surface area contributed by atoms with E-state index in [0.29, 0.717) is 12.1 Å². The minimum Gasteiger partial charge on any atom is -0.478 e. The van der Waals surface area contributed by atoms with Crippen LogP contribution in [0.1, 0.15) is 10.4 Å². The molecule has 0 unspecified atom stereocenters. The van der Waals surface area contributed by atoms with Crippen LogP contribution in [0.25, 0.3) is 11.1 Å². The van der Waals surface area contributed by atoms with Crippen LogP contribution < -0.4 is 0 Å². The van der Waals surface area contributed by atoms with Gasteiger partial charge >= 0.3 is 5.97 Å². The maximum absolute atomic E-state index is 13.6. The normalized spacial score (nSPS) is 10.5. The zero-order valence-electron chi connectivity index (χ0n) is 9.25. The Morgan fingerprint density at radius 3 is 2.00 bits per heavy atom. The Balaban J connectivity index is 2.64. The first-order valence-electron chi connectivity index (χ1n) is 5.08. The molecule has 98 valence electrons. The van der Waals surface area contributed by atoms with E-state index in [1.54, 1.807) is 0 Å². The maximum Gasteiger partial charge on any atom is 0.335 e. The van der Waals surface area contributed by atoms with Gasteiger partial charge in [0, 0.05) is 5.56 Å². The third kappa shape index (κ3) is 2.42. The van der Waals surface area contributed by atoms with Gasteiger partial charge in [0.1, 0.15) is 5.82 Å². The Hall–Kier alpha value is -2.37. The van der Waals surface area contributed by atoms with Crippen molar-refractivity contribution < 1.29 is 27.5 Å². The summed E-state index contributed by atoms with van der Waals surface area (Å²) in [5.74, 6) is -6.80. The molecule has 0 fully saturated rings. The fourth-order valence-corrected chi connectivity index (χ4v) is 1.59. The Morgan fingerprint density at radius 1 is 0.895 bits per heavy atom. The first-order valence-corrected chi connectivity index (χ1v) is 5.08. The van der Waals surface area contributed by atoms with Crippen molar-refractivity contribution in [2.45, 2.75) is 0 Å². The van der Waals surface area contributed by atoms with Gasteiger partial charge in [-0.05, 0) is 35.9 Å². The molecule has 0 spiro atoms. The number of carboxylic acid groups (broad SMARTS) is 1. The van der Waals surface area contributed by atoms with Gasteiger partial charge in [-0.2, -0.15) is 0 Å².